The van der Waals surface area contributed by atoms with Gasteiger partial charge >= 0.3 is 0 Å². The fraction of sp³-hybridized carbons (Fsp3) is 0.500. The highest BCUT2D eigenvalue weighted by Crippen LogP contribution is 2.38. The molecule has 0 bridgehead atoms. The number of anilines is 1. The van der Waals surface area contributed by atoms with Gasteiger partial charge in [0.15, 0.2) is 0 Å². The number of amides is 1. The first-order chi connectivity index (χ1) is 8.01. The Morgan fingerprint density at radius 3 is 2.76 bits per heavy atom. The van der Waals surface area contributed by atoms with E-state index in [-0.39, 0.29) is 11.3 Å². The highest BCUT2D eigenvalue weighted by molar-refractivity contribution is 9.10. The summed E-state index contributed by atoms with van der Waals surface area (Å²) >= 11 is 9.09. The summed E-state index contributed by atoms with van der Waals surface area (Å²) in [6.45, 7) is 2.02. The van der Waals surface area contributed by atoms with Crippen molar-refractivity contribution in [1.82, 2.24) is 4.98 Å². The maximum atomic E-state index is 12.1. The van der Waals surface area contributed by atoms with Gasteiger partial charge in [-0.1, -0.05) is 31.4 Å². The molecule has 0 spiro atoms. The van der Waals surface area contributed by atoms with Gasteiger partial charge in [0.05, 0.1) is 16.4 Å². The average molecular weight is 318 g/mol. The van der Waals surface area contributed by atoms with Gasteiger partial charge in [0.25, 0.3) is 0 Å². The van der Waals surface area contributed by atoms with E-state index in [1.165, 1.54) is 0 Å². The number of aromatic nitrogens is 1. The van der Waals surface area contributed by atoms with Crippen molar-refractivity contribution in [2.75, 3.05) is 5.32 Å². The topological polar surface area (TPSA) is 42.0 Å². The molecule has 1 fully saturated rings. The maximum absolute atomic E-state index is 12.1. The summed E-state index contributed by atoms with van der Waals surface area (Å²) in [4.78, 5) is 16.1. The molecule has 1 heterocycles. The molecule has 0 unspecified atom stereocenters. The molecule has 1 amide bonds. The SMILES string of the molecule is CC1(C(=O)Nc2cnc(Cl)c(Br)c2)CCCC1. The summed E-state index contributed by atoms with van der Waals surface area (Å²) in [6.07, 6.45) is 5.75. The van der Waals surface area contributed by atoms with Gasteiger partial charge in [-0.15, -0.1) is 0 Å². The molecule has 1 saturated carbocycles. The van der Waals surface area contributed by atoms with E-state index >= 15 is 0 Å². The molecule has 2 rings (SSSR count). The average Bonchev–Trinajstić information content (AvgIpc) is 2.72. The minimum Gasteiger partial charge on any atom is -0.324 e. The van der Waals surface area contributed by atoms with Crippen LogP contribution in [0.15, 0.2) is 16.7 Å². The Morgan fingerprint density at radius 2 is 2.18 bits per heavy atom. The molecule has 1 N–H and O–H groups in total. The normalized spacial score (nSPS) is 18.1. The molecular formula is C12H14BrClN2O. The molecule has 92 valence electrons. The Bertz CT molecular complexity index is 444. The van der Waals surface area contributed by atoms with E-state index in [4.69, 9.17) is 11.6 Å². The lowest BCUT2D eigenvalue weighted by molar-refractivity contribution is -0.124. The van der Waals surface area contributed by atoms with Gasteiger partial charge < -0.3 is 5.32 Å². The van der Waals surface area contributed by atoms with E-state index in [0.29, 0.717) is 15.3 Å². The van der Waals surface area contributed by atoms with Gasteiger partial charge in [0, 0.05) is 5.41 Å². The van der Waals surface area contributed by atoms with Crippen LogP contribution in [0.3, 0.4) is 0 Å². The zero-order valence-corrected chi connectivity index (χ0v) is 11.9. The first kappa shape index (κ1) is 12.8. The third-order valence-corrected chi connectivity index (χ3v) is 4.44. The number of nitrogens with one attached hydrogen (secondary N) is 1. The van der Waals surface area contributed by atoms with Gasteiger partial charge in [-0.25, -0.2) is 4.98 Å². The van der Waals surface area contributed by atoms with E-state index in [1.807, 2.05) is 6.92 Å². The van der Waals surface area contributed by atoms with E-state index < -0.39 is 0 Å². The first-order valence-electron chi connectivity index (χ1n) is 5.64. The van der Waals surface area contributed by atoms with Crippen molar-refractivity contribution in [3.05, 3.63) is 21.9 Å². The molecule has 5 heteroatoms. The Labute approximate surface area is 114 Å². The smallest absolute Gasteiger partial charge is 0.230 e. The summed E-state index contributed by atoms with van der Waals surface area (Å²) in [7, 11) is 0. The van der Waals surface area contributed by atoms with Crippen LogP contribution in [0.4, 0.5) is 5.69 Å². The first-order valence-corrected chi connectivity index (χ1v) is 6.81. The Balaban J connectivity index is 2.10. The van der Waals surface area contributed by atoms with E-state index in [1.54, 1.807) is 12.3 Å². The lowest BCUT2D eigenvalue weighted by Crippen LogP contribution is -2.30. The largest absolute Gasteiger partial charge is 0.324 e. The van der Waals surface area contributed by atoms with Crippen molar-refractivity contribution in [2.45, 2.75) is 32.6 Å². The molecule has 3 nitrogen and oxygen atoms in total. The summed E-state index contributed by atoms with van der Waals surface area (Å²) < 4.78 is 0.688. The molecule has 17 heavy (non-hydrogen) atoms. The van der Waals surface area contributed by atoms with Gasteiger partial charge in [-0.2, -0.15) is 0 Å². The lowest BCUT2D eigenvalue weighted by Gasteiger charge is -2.22. The molecule has 1 aliphatic rings. The predicted octanol–water partition coefficient (Wildman–Crippen LogP) is 4.02. The standard InChI is InChI=1S/C12H14BrClN2O/c1-12(4-2-3-5-12)11(17)16-8-6-9(13)10(14)15-7-8/h6-7H,2-5H2,1H3,(H,16,17). The number of rotatable bonds is 2. The predicted molar refractivity (Wildman–Crippen MR) is 72.2 cm³/mol. The van der Waals surface area contributed by atoms with Crippen molar-refractivity contribution in [3.63, 3.8) is 0 Å². The third-order valence-electron chi connectivity index (χ3n) is 3.31. The zero-order valence-electron chi connectivity index (χ0n) is 9.59. The molecule has 1 aromatic rings. The van der Waals surface area contributed by atoms with Gasteiger partial charge in [-0.05, 0) is 34.8 Å². The van der Waals surface area contributed by atoms with Crippen molar-refractivity contribution in [3.8, 4) is 0 Å². The summed E-state index contributed by atoms with van der Waals surface area (Å²) in [5.41, 5.74) is 0.450. The summed E-state index contributed by atoms with van der Waals surface area (Å²) in [5.74, 6) is 0.0750. The van der Waals surface area contributed by atoms with Crippen molar-refractivity contribution < 1.29 is 4.79 Å². The van der Waals surface area contributed by atoms with Crippen LogP contribution in [0.25, 0.3) is 0 Å². The van der Waals surface area contributed by atoms with Crippen LogP contribution in [0, 0.1) is 5.41 Å². The molecule has 1 aromatic heterocycles. The van der Waals surface area contributed by atoms with Crippen LogP contribution in [0.2, 0.25) is 5.15 Å². The zero-order chi connectivity index (χ0) is 12.5. The molecular weight excluding hydrogens is 304 g/mol. The fourth-order valence-electron chi connectivity index (χ4n) is 2.15. The van der Waals surface area contributed by atoms with Crippen LogP contribution in [-0.2, 0) is 4.79 Å². The van der Waals surface area contributed by atoms with Crippen LogP contribution in [-0.4, -0.2) is 10.9 Å². The summed E-state index contributed by atoms with van der Waals surface area (Å²) in [5, 5.41) is 3.30. The number of halogens is 2. The number of carbonyl (C=O) groups excluding carboxylic acids is 1. The highest BCUT2D eigenvalue weighted by Gasteiger charge is 2.36. The number of pyridine rings is 1. The number of hydrogen-bond acceptors (Lipinski definition) is 2. The molecule has 0 saturated heterocycles. The fourth-order valence-corrected chi connectivity index (χ4v) is 2.61. The molecule has 1 aliphatic carbocycles. The second-order valence-corrected chi connectivity index (χ2v) is 5.93. The van der Waals surface area contributed by atoms with Crippen LogP contribution < -0.4 is 5.32 Å². The molecule has 0 radical (unpaired) electrons. The van der Waals surface area contributed by atoms with E-state index in [2.05, 4.69) is 26.2 Å². The second kappa shape index (κ2) is 4.94. The third kappa shape index (κ3) is 2.80. The van der Waals surface area contributed by atoms with Gasteiger partial charge in [0.2, 0.25) is 5.91 Å². The van der Waals surface area contributed by atoms with E-state index in [9.17, 15) is 4.79 Å². The quantitative estimate of drug-likeness (QED) is 0.837. The van der Waals surface area contributed by atoms with Gasteiger partial charge in [-0.3, -0.25) is 4.79 Å². The number of hydrogen-bond donors (Lipinski definition) is 1. The van der Waals surface area contributed by atoms with Crippen molar-refractivity contribution in [1.29, 1.82) is 0 Å². The van der Waals surface area contributed by atoms with Crippen LogP contribution in [0.5, 0.6) is 0 Å². The maximum Gasteiger partial charge on any atom is 0.230 e. The van der Waals surface area contributed by atoms with Crippen LogP contribution >= 0.6 is 27.5 Å². The van der Waals surface area contributed by atoms with Crippen LogP contribution in [0.1, 0.15) is 32.6 Å². The minimum atomic E-state index is -0.230. The molecule has 0 atom stereocenters. The van der Waals surface area contributed by atoms with E-state index in [0.717, 1.165) is 25.7 Å². The summed E-state index contributed by atoms with van der Waals surface area (Å²) in [6, 6.07) is 1.77. The minimum absolute atomic E-state index is 0.0750. The lowest BCUT2D eigenvalue weighted by atomic mass is 9.88. The highest BCUT2D eigenvalue weighted by atomic mass is 79.9. The van der Waals surface area contributed by atoms with Gasteiger partial charge in [0.1, 0.15) is 5.15 Å². The molecule has 0 aromatic carbocycles. The Hall–Kier alpha value is -0.610. The number of carbonyl (C=O) groups is 1. The van der Waals surface area contributed by atoms with Crippen molar-refractivity contribution in [2.24, 2.45) is 5.41 Å². The van der Waals surface area contributed by atoms with Crippen molar-refractivity contribution >= 4 is 39.1 Å². The second-order valence-electron chi connectivity index (χ2n) is 4.72. The monoisotopic (exact) mass is 316 g/mol. The Kier molecular flexibility index (Phi) is 3.73. The number of nitrogens with zero attached hydrogens (tertiary/aromatic N) is 1. The molecule has 0 aliphatic heterocycles. The Morgan fingerprint density at radius 1 is 1.53 bits per heavy atom.